The van der Waals surface area contributed by atoms with E-state index in [1.807, 2.05) is 21.7 Å². The summed E-state index contributed by atoms with van der Waals surface area (Å²) in [6.45, 7) is 2.98. The molecule has 1 aliphatic heterocycles. The first-order valence-corrected chi connectivity index (χ1v) is 9.51. The summed E-state index contributed by atoms with van der Waals surface area (Å²) in [7, 11) is 1.72. The molecule has 2 aliphatic rings. The van der Waals surface area contributed by atoms with Gasteiger partial charge in [0.25, 0.3) is 0 Å². The number of fused-ring (bicyclic) bond motifs is 1. The van der Waals surface area contributed by atoms with Crippen LogP contribution >= 0.6 is 11.3 Å². The number of thiophene rings is 1. The Hall–Kier alpha value is -1.66. The average molecular weight is 345 g/mol. The number of carbonyl (C=O) groups excluding carboxylic acids is 1. The molecule has 1 unspecified atom stereocenters. The van der Waals surface area contributed by atoms with Crippen LogP contribution in [0.2, 0.25) is 0 Å². The highest BCUT2D eigenvalue weighted by Crippen LogP contribution is 2.32. The molecule has 24 heavy (non-hydrogen) atoms. The van der Waals surface area contributed by atoms with E-state index in [1.54, 1.807) is 18.4 Å². The Balaban J connectivity index is 1.51. The lowest BCUT2D eigenvalue weighted by atomic mass is 9.97. The summed E-state index contributed by atoms with van der Waals surface area (Å²) >= 11 is 1.64. The maximum Gasteiger partial charge on any atom is 0.227 e. The van der Waals surface area contributed by atoms with Crippen LogP contribution in [0.1, 0.15) is 35.6 Å². The van der Waals surface area contributed by atoms with E-state index in [2.05, 4.69) is 10.9 Å². The SMILES string of the molecule is COCC1CN(C(=O)Cc2ccsc2)Cc2cn(CC3CC3)nc21. The fourth-order valence-corrected chi connectivity index (χ4v) is 4.10. The smallest absolute Gasteiger partial charge is 0.227 e. The van der Waals surface area contributed by atoms with E-state index in [0.717, 1.165) is 23.7 Å². The van der Waals surface area contributed by atoms with Crippen LogP contribution in [0.3, 0.4) is 0 Å². The Kier molecular flexibility index (Phi) is 4.41. The molecule has 128 valence electrons. The summed E-state index contributed by atoms with van der Waals surface area (Å²) in [6.07, 6.45) is 5.25. The van der Waals surface area contributed by atoms with Gasteiger partial charge in [0.05, 0.1) is 18.7 Å². The second kappa shape index (κ2) is 6.69. The molecule has 0 aromatic carbocycles. The van der Waals surface area contributed by atoms with Gasteiger partial charge in [-0.2, -0.15) is 16.4 Å². The molecule has 1 atom stereocenters. The number of methoxy groups -OCH3 is 1. The van der Waals surface area contributed by atoms with Gasteiger partial charge >= 0.3 is 0 Å². The quantitative estimate of drug-likeness (QED) is 0.809. The van der Waals surface area contributed by atoms with Gasteiger partial charge in [-0.3, -0.25) is 9.48 Å². The van der Waals surface area contributed by atoms with Gasteiger partial charge in [-0.05, 0) is 41.1 Å². The van der Waals surface area contributed by atoms with E-state index in [1.165, 1.54) is 18.4 Å². The Morgan fingerprint density at radius 1 is 1.46 bits per heavy atom. The standard InChI is InChI=1S/C18H23N3O2S/c1-23-11-16-9-20(17(22)6-14-4-5-24-12-14)8-15-10-21(19-18(15)16)7-13-2-3-13/h4-5,10,12-13,16H,2-3,6-9,11H2,1H3. The van der Waals surface area contributed by atoms with Crippen molar-refractivity contribution in [2.24, 2.45) is 5.92 Å². The lowest BCUT2D eigenvalue weighted by Crippen LogP contribution is -2.40. The van der Waals surface area contributed by atoms with Crippen LogP contribution in [0.5, 0.6) is 0 Å². The summed E-state index contributed by atoms with van der Waals surface area (Å²) in [5.74, 6) is 1.16. The van der Waals surface area contributed by atoms with Crippen LogP contribution in [0.4, 0.5) is 0 Å². The van der Waals surface area contributed by atoms with Crippen molar-refractivity contribution < 1.29 is 9.53 Å². The summed E-state index contributed by atoms with van der Waals surface area (Å²) in [6, 6.07) is 2.03. The van der Waals surface area contributed by atoms with Gasteiger partial charge in [-0.15, -0.1) is 0 Å². The largest absolute Gasteiger partial charge is 0.384 e. The van der Waals surface area contributed by atoms with Crippen molar-refractivity contribution in [1.29, 1.82) is 0 Å². The highest BCUT2D eigenvalue weighted by atomic mass is 32.1. The Morgan fingerprint density at radius 3 is 3.04 bits per heavy atom. The minimum Gasteiger partial charge on any atom is -0.384 e. The number of aromatic nitrogens is 2. The minimum absolute atomic E-state index is 0.172. The van der Waals surface area contributed by atoms with Gasteiger partial charge < -0.3 is 9.64 Å². The zero-order chi connectivity index (χ0) is 16.5. The Morgan fingerprint density at radius 2 is 2.33 bits per heavy atom. The monoisotopic (exact) mass is 345 g/mol. The minimum atomic E-state index is 0.172. The van der Waals surface area contributed by atoms with Crippen molar-refractivity contribution >= 4 is 17.2 Å². The van der Waals surface area contributed by atoms with E-state index in [0.29, 0.717) is 26.1 Å². The van der Waals surface area contributed by atoms with Crippen LogP contribution < -0.4 is 0 Å². The third-order valence-corrected chi connectivity index (χ3v) is 5.59. The number of nitrogens with zero attached hydrogens (tertiary/aromatic N) is 3. The Labute approximate surface area is 146 Å². The van der Waals surface area contributed by atoms with Gasteiger partial charge in [0.15, 0.2) is 0 Å². The van der Waals surface area contributed by atoms with E-state index in [-0.39, 0.29) is 11.8 Å². The summed E-state index contributed by atoms with van der Waals surface area (Å²) in [4.78, 5) is 14.6. The van der Waals surface area contributed by atoms with Gasteiger partial charge in [-0.1, -0.05) is 0 Å². The molecule has 2 aromatic rings. The lowest BCUT2D eigenvalue weighted by Gasteiger charge is -2.31. The molecule has 1 saturated carbocycles. The molecule has 2 aromatic heterocycles. The second-order valence-corrected chi connectivity index (χ2v) is 7.72. The van der Waals surface area contributed by atoms with Crippen LogP contribution in [0.25, 0.3) is 0 Å². The zero-order valence-corrected chi connectivity index (χ0v) is 14.8. The third kappa shape index (κ3) is 3.39. The van der Waals surface area contributed by atoms with E-state index in [9.17, 15) is 4.79 Å². The normalized spacial score (nSPS) is 20.2. The molecule has 6 heteroatoms. The number of rotatable bonds is 6. The molecule has 0 spiro atoms. The Bertz CT molecular complexity index is 706. The highest BCUT2D eigenvalue weighted by molar-refractivity contribution is 7.07. The topological polar surface area (TPSA) is 47.4 Å². The predicted molar refractivity (Wildman–Crippen MR) is 93.0 cm³/mol. The molecule has 0 bridgehead atoms. The van der Waals surface area contributed by atoms with Crippen molar-refractivity contribution in [3.8, 4) is 0 Å². The van der Waals surface area contributed by atoms with E-state index < -0.39 is 0 Å². The molecular formula is C18H23N3O2S. The maximum atomic E-state index is 12.7. The van der Waals surface area contributed by atoms with Crippen molar-refractivity contribution in [2.45, 2.75) is 38.3 Å². The number of amides is 1. The predicted octanol–water partition coefficient (Wildman–Crippen LogP) is 2.67. The van der Waals surface area contributed by atoms with E-state index in [4.69, 9.17) is 9.84 Å². The molecule has 0 radical (unpaired) electrons. The van der Waals surface area contributed by atoms with Crippen molar-refractivity contribution in [2.75, 3.05) is 20.3 Å². The summed E-state index contributed by atoms with van der Waals surface area (Å²) in [5, 5.41) is 8.87. The molecular weight excluding hydrogens is 322 g/mol. The summed E-state index contributed by atoms with van der Waals surface area (Å²) in [5.41, 5.74) is 3.41. The van der Waals surface area contributed by atoms with Crippen molar-refractivity contribution in [1.82, 2.24) is 14.7 Å². The van der Waals surface area contributed by atoms with Gasteiger partial charge in [0.1, 0.15) is 0 Å². The first kappa shape index (κ1) is 15.8. The third-order valence-electron chi connectivity index (χ3n) is 4.86. The van der Waals surface area contributed by atoms with Crippen molar-refractivity contribution in [3.05, 3.63) is 39.8 Å². The number of carbonyl (C=O) groups is 1. The zero-order valence-electron chi connectivity index (χ0n) is 14.0. The average Bonchev–Trinajstić information content (AvgIpc) is 3.06. The van der Waals surface area contributed by atoms with Gasteiger partial charge in [0.2, 0.25) is 5.91 Å². The number of hydrogen-bond donors (Lipinski definition) is 0. The number of ether oxygens (including phenoxy) is 1. The fourth-order valence-electron chi connectivity index (χ4n) is 3.43. The molecule has 5 nitrogen and oxygen atoms in total. The first-order valence-electron chi connectivity index (χ1n) is 8.57. The number of hydrogen-bond acceptors (Lipinski definition) is 4. The molecule has 4 rings (SSSR count). The maximum absolute atomic E-state index is 12.7. The molecule has 3 heterocycles. The van der Waals surface area contributed by atoms with Crippen LogP contribution in [0.15, 0.2) is 23.0 Å². The van der Waals surface area contributed by atoms with Crippen LogP contribution in [-0.4, -0.2) is 40.8 Å². The fraction of sp³-hybridized carbons (Fsp3) is 0.556. The highest BCUT2D eigenvalue weighted by Gasteiger charge is 2.32. The molecule has 1 aliphatic carbocycles. The van der Waals surface area contributed by atoms with Crippen molar-refractivity contribution in [3.63, 3.8) is 0 Å². The molecule has 0 saturated heterocycles. The molecule has 1 fully saturated rings. The van der Waals surface area contributed by atoms with Crippen LogP contribution in [0, 0.1) is 5.92 Å². The first-order chi connectivity index (χ1) is 11.7. The van der Waals surface area contributed by atoms with Crippen LogP contribution in [-0.2, 0) is 29.0 Å². The molecule has 0 N–H and O–H groups in total. The van der Waals surface area contributed by atoms with Gasteiger partial charge in [-0.25, -0.2) is 0 Å². The van der Waals surface area contributed by atoms with E-state index >= 15 is 0 Å². The molecule has 1 amide bonds. The summed E-state index contributed by atoms with van der Waals surface area (Å²) < 4.78 is 7.47. The lowest BCUT2D eigenvalue weighted by molar-refractivity contribution is -0.132. The van der Waals surface area contributed by atoms with Gasteiger partial charge in [0, 0.05) is 44.4 Å². The second-order valence-electron chi connectivity index (χ2n) is 6.94.